The van der Waals surface area contributed by atoms with E-state index in [1.165, 1.54) is 7.11 Å². The van der Waals surface area contributed by atoms with Gasteiger partial charge in [0.15, 0.2) is 11.7 Å². The zero-order valence-electron chi connectivity index (χ0n) is 24.8. The first-order valence-corrected chi connectivity index (χ1v) is 13.7. The molecule has 0 amide bonds. The van der Waals surface area contributed by atoms with E-state index in [0.717, 1.165) is 17.6 Å². The molecule has 8 atom stereocenters. The number of aliphatic hydroxyl groups excluding tert-OH is 4. The predicted octanol–water partition coefficient (Wildman–Crippen LogP) is 3.59. The van der Waals surface area contributed by atoms with E-state index in [1.807, 2.05) is 52.0 Å². The van der Waals surface area contributed by atoms with Crippen molar-refractivity contribution in [3.05, 3.63) is 68.6 Å². The van der Waals surface area contributed by atoms with Crippen LogP contribution in [0.15, 0.2) is 50.7 Å². The third-order valence-corrected chi connectivity index (χ3v) is 7.25. The van der Waals surface area contributed by atoms with Crippen molar-refractivity contribution in [3.63, 3.8) is 0 Å². The second-order valence-corrected chi connectivity index (χ2v) is 10.6. The molecule has 224 valence electrons. The summed E-state index contributed by atoms with van der Waals surface area (Å²) in [5, 5.41) is 40.1. The number of allylic oxidation sites excluding steroid dienone is 5. The normalized spacial score (nSPS) is 26.9. The van der Waals surface area contributed by atoms with Gasteiger partial charge >= 0.3 is 0 Å². The van der Waals surface area contributed by atoms with Crippen LogP contribution in [-0.4, -0.2) is 71.0 Å². The number of ether oxygens (including phenoxy) is 3. The van der Waals surface area contributed by atoms with Crippen LogP contribution in [0.1, 0.15) is 57.9 Å². The highest BCUT2D eigenvalue weighted by Gasteiger charge is 2.45. The van der Waals surface area contributed by atoms with Crippen LogP contribution < -0.4 is 10.2 Å². The summed E-state index contributed by atoms with van der Waals surface area (Å²) in [5.41, 5.74) is 2.83. The summed E-state index contributed by atoms with van der Waals surface area (Å²) in [7, 11) is 1.47. The molecule has 1 aliphatic heterocycles. The van der Waals surface area contributed by atoms with Gasteiger partial charge in [-0.05, 0) is 58.6 Å². The third-order valence-electron chi connectivity index (χ3n) is 7.25. The van der Waals surface area contributed by atoms with Crippen LogP contribution in [0.25, 0.3) is 6.08 Å². The number of aliphatic hydroxyl groups is 4. The molecule has 1 aromatic rings. The predicted molar refractivity (Wildman–Crippen MR) is 154 cm³/mol. The molecule has 9 heteroatoms. The first kappa shape index (κ1) is 33.7. The number of rotatable bonds is 12. The summed E-state index contributed by atoms with van der Waals surface area (Å²) < 4.78 is 22.5. The fourth-order valence-corrected chi connectivity index (χ4v) is 4.58. The minimum absolute atomic E-state index is 0.0906. The van der Waals surface area contributed by atoms with Crippen molar-refractivity contribution in [3.8, 4) is 5.95 Å². The highest BCUT2D eigenvalue weighted by molar-refractivity contribution is 5.49. The highest BCUT2D eigenvalue weighted by Crippen LogP contribution is 2.28. The first-order valence-electron chi connectivity index (χ1n) is 13.7. The maximum Gasteiger partial charge on any atom is 0.291 e. The number of methoxy groups -OCH3 is 1. The molecular weight excluding hydrogens is 516 g/mol. The molecule has 4 N–H and O–H groups in total. The zero-order chi connectivity index (χ0) is 30.1. The Balaban J connectivity index is 2.07. The lowest BCUT2D eigenvalue weighted by Gasteiger charge is -2.41. The molecule has 0 spiro atoms. The summed E-state index contributed by atoms with van der Waals surface area (Å²) in [6.07, 6.45) is 5.50. The summed E-state index contributed by atoms with van der Waals surface area (Å²) >= 11 is 0. The van der Waals surface area contributed by atoms with Crippen molar-refractivity contribution in [2.75, 3.05) is 13.7 Å². The molecule has 1 fully saturated rings. The van der Waals surface area contributed by atoms with Gasteiger partial charge in [-0.3, -0.25) is 4.79 Å². The summed E-state index contributed by atoms with van der Waals surface area (Å²) in [4.78, 5) is 12.4. The molecule has 0 aromatic carbocycles. The van der Waals surface area contributed by atoms with E-state index in [4.69, 9.17) is 18.6 Å². The van der Waals surface area contributed by atoms with Crippen LogP contribution in [-0.2, 0) is 9.47 Å². The second-order valence-electron chi connectivity index (χ2n) is 10.6. The first-order chi connectivity index (χ1) is 18.9. The molecule has 1 aromatic heterocycles. The second kappa shape index (κ2) is 15.5. The molecule has 9 nitrogen and oxygen atoms in total. The minimum Gasteiger partial charge on any atom is -0.468 e. The van der Waals surface area contributed by atoms with Gasteiger partial charge in [-0.1, -0.05) is 49.8 Å². The molecule has 0 saturated carbocycles. The van der Waals surface area contributed by atoms with E-state index in [-0.39, 0.29) is 23.2 Å². The van der Waals surface area contributed by atoms with E-state index in [9.17, 15) is 25.2 Å². The Hall–Kier alpha value is -2.53. The molecule has 2 rings (SSSR count). The van der Waals surface area contributed by atoms with E-state index in [1.54, 1.807) is 13.8 Å². The lowest BCUT2D eigenvalue weighted by Crippen LogP contribution is -2.60. The van der Waals surface area contributed by atoms with Gasteiger partial charge in [0.1, 0.15) is 30.2 Å². The molecule has 2 heterocycles. The smallest absolute Gasteiger partial charge is 0.291 e. The SMILES string of the molecule is C/C=C(\C)[C@H](O[C@@H]1O[C@H](CO)[C@@H](O)[C@H](O)[C@H]1O)[C@@H](C)/C=C(C)/C=C/C[C@@H](C)/C=C/c1oc(OC)c(C)c(=O)c1C. The van der Waals surface area contributed by atoms with Crippen LogP contribution in [0.3, 0.4) is 0 Å². The molecule has 40 heavy (non-hydrogen) atoms. The Bertz CT molecular complexity index is 1140. The van der Waals surface area contributed by atoms with Crippen molar-refractivity contribution >= 4 is 6.08 Å². The van der Waals surface area contributed by atoms with Gasteiger partial charge in [0.25, 0.3) is 5.95 Å². The standard InChI is InChI=1S/C31H46O9/c1-9-19(4)29(40-31-28(36)27(35)26(34)24(16-32)39-31)20(5)15-18(3)12-10-11-17(2)13-14-23-21(6)25(33)22(7)30(37-8)38-23/h9-10,12-15,17,20,24,26-29,31-32,34-36H,11,16H2,1-8H3/b12-10+,14-13+,18-15+,19-9+/t17-,20+,24-,26-,27+,28-,29+,31+/m1/s1. The Morgan fingerprint density at radius 3 is 2.35 bits per heavy atom. The Morgan fingerprint density at radius 1 is 1.07 bits per heavy atom. The Labute approximate surface area is 237 Å². The Morgan fingerprint density at radius 2 is 1.75 bits per heavy atom. The van der Waals surface area contributed by atoms with Gasteiger partial charge in [0.2, 0.25) is 0 Å². The molecule has 1 saturated heterocycles. The van der Waals surface area contributed by atoms with E-state index in [0.29, 0.717) is 16.9 Å². The number of hydrogen-bond acceptors (Lipinski definition) is 9. The molecule has 0 unspecified atom stereocenters. The molecule has 0 aliphatic carbocycles. The molecule has 0 radical (unpaired) electrons. The molecule has 0 bridgehead atoms. The fraction of sp³-hybridized carbons (Fsp3) is 0.581. The van der Waals surface area contributed by atoms with Gasteiger partial charge in [0, 0.05) is 11.5 Å². The summed E-state index contributed by atoms with van der Waals surface area (Å²) in [6, 6.07) is 0. The van der Waals surface area contributed by atoms with Gasteiger partial charge < -0.3 is 39.1 Å². The van der Waals surface area contributed by atoms with Gasteiger partial charge in [-0.2, -0.15) is 0 Å². The van der Waals surface area contributed by atoms with Gasteiger partial charge in [0.05, 0.1) is 25.4 Å². The van der Waals surface area contributed by atoms with Gasteiger partial charge in [-0.25, -0.2) is 0 Å². The number of hydrogen-bond donors (Lipinski definition) is 4. The minimum atomic E-state index is -1.50. The summed E-state index contributed by atoms with van der Waals surface area (Å²) in [5.74, 6) is 0.775. The lowest BCUT2D eigenvalue weighted by molar-refractivity contribution is -0.310. The lowest BCUT2D eigenvalue weighted by atomic mass is 9.94. The van der Waals surface area contributed by atoms with Crippen molar-refractivity contribution in [1.29, 1.82) is 0 Å². The van der Waals surface area contributed by atoms with Crippen LogP contribution in [0.5, 0.6) is 5.95 Å². The maximum atomic E-state index is 12.4. The highest BCUT2D eigenvalue weighted by atomic mass is 16.7. The van der Waals surface area contributed by atoms with Crippen molar-refractivity contribution < 1.29 is 39.1 Å². The van der Waals surface area contributed by atoms with Crippen LogP contribution in [0, 0.1) is 25.7 Å². The average Bonchev–Trinajstić information content (AvgIpc) is 2.93. The average molecular weight is 563 g/mol. The van der Waals surface area contributed by atoms with Crippen LogP contribution in [0.4, 0.5) is 0 Å². The van der Waals surface area contributed by atoms with Crippen molar-refractivity contribution in [2.24, 2.45) is 11.8 Å². The van der Waals surface area contributed by atoms with Crippen LogP contribution in [0.2, 0.25) is 0 Å². The zero-order valence-corrected chi connectivity index (χ0v) is 24.8. The van der Waals surface area contributed by atoms with Crippen molar-refractivity contribution in [2.45, 2.75) is 91.7 Å². The van der Waals surface area contributed by atoms with E-state index in [2.05, 4.69) is 19.1 Å². The third kappa shape index (κ3) is 8.49. The van der Waals surface area contributed by atoms with E-state index >= 15 is 0 Å². The van der Waals surface area contributed by atoms with Crippen molar-refractivity contribution in [1.82, 2.24) is 0 Å². The van der Waals surface area contributed by atoms with E-state index < -0.39 is 43.4 Å². The largest absolute Gasteiger partial charge is 0.468 e. The van der Waals surface area contributed by atoms with Gasteiger partial charge in [-0.15, -0.1) is 0 Å². The quantitative estimate of drug-likeness (QED) is 0.222. The molecule has 1 aliphatic rings. The molecular formula is C31H46O9. The summed E-state index contributed by atoms with van der Waals surface area (Å²) in [6.45, 7) is 12.7. The topological polar surface area (TPSA) is 139 Å². The van der Waals surface area contributed by atoms with Crippen LogP contribution >= 0.6 is 0 Å². The fourth-order valence-electron chi connectivity index (χ4n) is 4.58. The maximum absolute atomic E-state index is 12.4. The monoisotopic (exact) mass is 562 g/mol. The Kier molecular flexibility index (Phi) is 13.0.